The number of fused-ring (bicyclic) bond motifs is 1. The van der Waals surface area contributed by atoms with Gasteiger partial charge in [0.15, 0.2) is 11.5 Å². The smallest absolute Gasteiger partial charge is 0.328 e. The molecule has 4 aromatic rings. The first-order chi connectivity index (χ1) is 22.3. The number of benzene rings is 2. The number of amides is 1. The molecule has 1 amide bonds. The Morgan fingerprint density at radius 2 is 1.65 bits per heavy atom. The molecule has 8 N–H and O–H groups in total. The summed E-state index contributed by atoms with van der Waals surface area (Å²) in [6.45, 7) is 9.40. The number of unbranched alkanes of at least 4 members (excludes halogenated alkanes) is 1. The molecule has 0 bridgehead atoms. The Kier molecular flexibility index (Phi) is 13.1. The Hall–Kier alpha value is -4.26. The molecule has 1 aliphatic heterocycles. The number of rotatable bonds is 13. The van der Waals surface area contributed by atoms with E-state index in [1.54, 1.807) is 4.57 Å². The van der Waals surface area contributed by atoms with Crippen LogP contribution in [0.25, 0.3) is 11.2 Å². The second-order valence-corrected chi connectivity index (χ2v) is 11.9. The van der Waals surface area contributed by atoms with E-state index < -0.39 is 0 Å². The minimum absolute atomic E-state index is 0.0494. The zero-order valence-corrected chi connectivity index (χ0v) is 27.1. The predicted molar refractivity (Wildman–Crippen MR) is 182 cm³/mol. The molecule has 2 aromatic carbocycles. The summed E-state index contributed by atoms with van der Waals surface area (Å²) in [4.78, 5) is 37.8. The number of nitrogen functional groups attached to an aromatic ring is 1. The second kappa shape index (κ2) is 17.4. The first-order valence-corrected chi connectivity index (χ1v) is 16.2. The minimum Gasteiger partial charge on any atom is -0.463 e. The van der Waals surface area contributed by atoms with Crippen molar-refractivity contribution in [2.75, 3.05) is 38.5 Å². The molecule has 12 nitrogen and oxygen atoms in total. The van der Waals surface area contributed by atoms with Crippen LogP contribution in [0.15, 0.2) is 53.3 Å². The number of hydrogen-bond donors (Lipinski definition) is 5. The van der Waals surface area contributed by atoms with Crippen molar-refractivity contribution in [3.63, 3.8) is 0 Å². The van der Waals surface area contributed by atoms with Crippen LogP contribution in [0.5, 0.6) is 6.01 Å². The van der Waals surface area contributed by atoms with Crippen LogP contribution in [-0.4, -0.2) is 63.1 Å². The van der Waals surface area contributed by atoms with E-state index in [0.29, 0.717) is 43.3 Å². The molecule has 0 unspecified atom stereocenters. The highest BCUT2D eigenvalue weighted by molar-refractivity contribution is 5.82. The van der Waals surface area contributed by atoms with E-state index in [0.717, 1.165) is 57.3 Å². The van der Waals surface area contributed by atoms with Gasteiger partial charge in [-0.05, 0) is 68.3 Å². The molecule has 0 radical (unpaired) electrons. The lowest BCUT2D eigenvalue weighted by Gasteiger charge is -2.32. The molecule has 248 valence electrons. The number of hydrogen-bond acceptors (Lipinski definition) is 9. The van der Waals surface area contributed by atoms with Gasteiger partial charge in [0.05, 0.1) is 19.7 Å². The maximum Gasteiger partial charge on any atom is 0.328 e. The summed E-state index contributed by atoms with van der Waals surface area (Å²) in [5.41, 5.74) is 22.1. The summed E-state index contributed by atoms with van der Waals surface area (Å²) >= 11 is 0. The first-order valence-electron chi connectivity index (χ1n) is 16.2. The standard InChI is InChI=1S/C26H38N8O3.C8H11N/c1-2-3-14-37-25-31-23(28)22-24(32-25)34(26(36)30-22)17-20-6-4-19(5-7-20)16-33-12-9-18(10-13-33)8-11-29-21(35)15-27;1-7-2-4-8(6-9)5-3-7/h4-7,18H,2-3,8-17,27H2,1H3,(H,29,35)(H,30,36)(H2,28,31,32);2-5H,6,9H2,1H3. The van der Waals surface area contributed by atoms with Crippen LogP contribution in [0.1, 0.15) is 61.3 Å². The fourth-order valence-electron chi connectivity index (χ4n) is 5.39. The predicted octanol–water partition coefficient (Wildman–Crippen LogP) is 3.06. The van der Waals surface area contributed by atoms with Gasteiger partial charge in [0.2, 0.25) is 5.91 Å². The van der Waals surface area contributed by atoms with Crippen molar-refractivity contribution in [2.45, 2.75) is 65.6 Å². The van der Waals surface area contributed by atoms with Gasteiger partial charge in [-0.15, -0.1) is 0 Å². The van der Waals surface area contributed by atoms with Crippen LogP contribution in [0.4, 0.5) is 5.82 Å². The molecule has 1 aliphatic rings. The van der Waals surface area contributed by atoms with Gasteiger partial charge < -0.3 is 32.2 Å². The van der Waals surface area contributed by atoms with Crippen LogP contribution in [0.2, 0.25) is 0 Å². The number of ether oxygens (including phenoxy) is 1. The molecule has 0 saturated carbocycles. The number of nitrogens with two attached hydrogens (primary N) is 3. The summed E-state index contributed by atoms with van der Waals surface area (Å²) < 4.78 is 7.19. The highest BCUT2D eigenvalue weighted by Gasteiger charge is 2.19. The molecule has 1 fully saturated rings. The van der Waals surface area contributed by atoms with Crippen LogP contribution >= 0.6 is 0 Å². The van der Waals surface area contributed by atoms with Crippen molar-refractivity contribution in [1.29, 1.82) is 0 Å². The lowest BCUT2D eigenvalue weighted by Crippen LogP contribution is -2.36. The average Bonchev–Trinajstić information content (AvgIpc) is 3.38. The van der Waals surface area contributed by atoms with E-state index in [4.69, 9.17) is 21.9 Å². The molecule has 0 aliphatic carbocycles. The van der Waals surface area contributed by atoms with Gasteiger partial charge in [0.1, 0.15) is 5.52 Å². The molecule has 2 aromatic heterocycles. The molecule has 0 spiro atoms. The lowest BCUT2D eigenvalue weighted by molar-refractivity contribution is -0.119. The molecule has 3 heterocycles. The van der Waals surface area contributed by atoms with Crippen LogP contribution in [0.3, 0.4) is 0 Å². The van der Waals surface area contributed by atoms with Crippen LogP contribution < -0.4 is 32.9 Å². The van der Waals surface area contributed by atoms with Crippen molar-refractivity contribution >= 4 is 22.9 Å². The summed E-state index contributed by atoms with van der Waals surface area (Å²) in [5, 5.41) is 2.86. The summed E-state index contributed by atoms with van der Waals surface area (Å²) in [6.07, 6.45) is 5.16. The van der Waals surface area contributed by atoms with Gasteiger partial charge in [-0.2, -0.15) is 9.97 Å². The number of likely N-dealkylation sites (tertiary alicyclic amines) is 1. The Morgan fingerprint density at radius 1 is 1.00 bits per heavy atom. The molecule has 12 heteroatoms. The Balaban J connectivity index is 0.000000459. The second-order valence-electron chi connectivity index (χ2n) is 11.9. The quantitative estimate of drug-likeness (QED) is 0.138. The first kappa shape index (κ1) is 34.6. The van der Waals surface area contributed by atoms with Crippen molar-refractivity contribution in [3.8, 4) is 6.01 Å². The van der Waals surface area contributed by atoms with E-state index >= 15 is 0 Å². The zero-order valence-electron chi connectivity index (χ0n) is 27.1. The molecular weight excluding hydrogens is 582 g/mol. The Labute approximate surface area is 270 Å². The maximum absolute atomic E-state index is 12.6. The number of H-pyrrole nitrogens is 1. The fraction of sp³-hybridized carbons (Fsp3) is 0.471. The number of aromatic amines is 1. The number of nitrogens with zero attached hydrogens (tertiary/aromatic N) is 4. The largest absolute Gasteiger partial charge is 0.463 e. The molecular formula is C34H49N9O3. The fourth-order valence-corrected chi connectivity index (χ4v) is 5.39. The SMILES string of the molecule is CCCCOc1nc(N)c2[nH]c(=O)n(Cc3ccc(CN4CCC(CCNC(=O)CN)CC4)cc3)c2n1.Cc1ccc(CN)cc1. The van der Waals surface area contributed by atoms with Crippen molar-refractivity contribution in [3.05, 3.63) is 81.3 Å². The number of nitrogens with one attached hydrogen (secondary N) is 2. The third-order valence-electron chi connectivity index (χ3n) is 8.25. The van der Waals surface area contributed by atoms with E-state index in [1.165, 1.54) is 16.7 Å². The monoisotopic (exact) mass is 631 g/mol. The van der Waals surface area contributed by atoms with Gasteiger partial charge in [-0.25, -0.2) is 4.79 Å². The maximum atomic E-state index is 12.6. The van der Waals surface area contributed by atoms with Gasteiger partial charge in [-0.3, -0.25) is 14.3 Å². The summed E-state index contributed by atoms with van der Waals surface area (Å²) in [7, 11) is 0. The van der Waals surface area contributed by atoms with E-state index in [2.05, 4.69) is 87.5 Å². The number of carbonyl (C=O) groups is 1. The third-order valence-corrected chi connectivity index (χ3v) is 8.25. The van der Waals surface area contributed by atoms with Crippen LogP contribution in [0, 0.1) is 12.8 Å². The minimum atomic E-state index is -0.281. The van der Waals surface area contributed by atoms with Gasteiger partial charge in [0, 0.05) is 19.6 Å². The van der Waals surface area contributed by atoms with Gasteiger partial charge in [-0.1, -0.05) is 67.4 Å². The topological polar surface area (TPSA) is 183 Å². The van der Waals surface area contributed by atoms with Crippen molar-refractivity contribution in [2.24, 2.45) is 17.4 Å². The highest BCUT2D eigenvalue weighted by Crippen LogP contribution is 2.22. The summed E-state index contributed by atoms with van der Waals surface area (Å²) in [5.74, 6) is 0.752. The van der Waals surface area contributed by atoms with E-state index in [9.17, 15) is 9.59 Å². The molecule has 1 saturated heterocycles. The number of piperidine rings is 1. The zero-order chi connectivity index (χ0) is 32.9. The molecule has 0 atom stereocenters. The van der Waals surface area contributed by atoms with Crippen molar-refractivity contribution in [1.82, 2.24) is 29.7 Å². The summed E-state index contributed by atoms with van der Waals surface area (Å²) in [6, 6.07) is 16.8. The van der Waals surface area contributed by atoms with E-state index in [-0.39, 0.29) is 30.0 Å². The average molecular weight is 632 g/mol. The number of carbonyl (C=O) groups excluding carboxylic acids is 1. The number of aromatic nitrogens is 4. The number of aryl methyl sites for hydroxylation is 1. The Bertz CT molecular complexity index is 1570. The molecule has 46 heavy (non-hydrogen) atoms. The normalized spacial score (nSPS) is 13.7. The van der Waals surface area contributed by atoms with Crippen molar-refractivity contribution < 1.29 is 9.53 Å². The number of anilines is 1. The van der Waals surface area contributed by atoms with Gasteiger partial charge >= 0.3 is 11.7 Å². The lowest BCUT2D eigenvalue weighted by atomic mass is 9.93. The number of imidazole rings is 1. The van der Waals surface area contributed by atoms with Gasteiger partial charge in [0.25, 0.3) is 0 Å². The third kappa shape index (κ3) is 10.1. The molecule has 5 rings (SSSR count). The highest BCUT2D eigenvalue weighted by atomic mass is 16.5. The van der Waals surface area contributed by atoms with Crippen LogP contribution in [-0.2, 0) is 24.4 Å². The van der Waals surface area contributed by atoms with E-state index in [1.807, 2.05) is 0 Å². The Morgan fingerprint density at radius 3 is 2.28 bits per heavy atom.